The summed E-state index contributed by atoms with van der Waals surface area (Å²) in [7, 11) is 0. The second-order valence-corrected chi connectivity index (χ2v) is 5.48. The molecular formula is C16H22N4. The van der Waals surface area contributed by atoms with Crippen molar-refractivity contribution in [3.8, 4) is 0 Å². The van der Waals surface area contributed by atoms with Gasteiger partial charge in [0.15, 0.2) is 0 Å². The van der Waals surface area contributed by atoms with Gasteiger partial charge in [0, 0.05) is 18.0 Å². The standard InChI is InChI=1S/C16H22N4/c1-3-7-11-10-14(11)18-15-12-8-5-6-9-13(12)19-16(20-15)17-4-2/h5-6,8-9,11,14H,3-4,7,10H2,1-2H3,(H2,17,18,19,20). The number of fused-ring (bicyclic) bond motifs is 1. The Labute approximate surface area is 120 Å². The number of hydrogen-bond donors (Lipinski definition) is 2. The summed E-state index contributed by atoms with van der Waals surface area (Å²) in [5.74, 6) is 2.49. The monoisotopic (exact) mass is 270 g/mol. The molecule has 1 aromatic heterocycles. The Kier molecular flexibility index (Phi) is 3.72. The number of hydrogen-bond acceptors (Lipinski definition) is 4. The summed E-state index contributed by atoms with van der Waals surface area (Å²) in [6, 6.07) is 8.78. The number of nitrogens with zero attached hydrogens (tertiary/aromatic N) is 2. The first-order chi connectivity index (χ1) is 9.81. The molecule has 1 saturated carbocycles. The van der Waals surface area contributed by atoms with Gasteiger partial charge in [-0.2, -0.15) is 4.98 Å². The summed E-state index contributed by atoms with van der Waals surface area (Å²) in [5.41, 5.74) is 0.994. The highest BCUT2D eigenvalue weighted by molar-refractivity contribution is 5.90. The van der Waals surface area contributed by atoms with E-state index in [-0.39, 0.29) is 0 Å². The van der Waals surface area contributed by atoms with Gasteiger partial charge in [0.2, 0.25) is 5.95 Å². The molecule has 106 valence electrons. The molecule has 0 aliphatic heterocycles. The molecule has 4 nitrogen and oxygen atoms in total. The van der Waals surface area contributed by atoms with Crippen molar-refractivity contribution in [3.63, 3.8) is 0 Å². The van der Waals surface area contributed by atoms with Crippen LogP contribution in [0.5, 0.6) is 0 Å². The van der Waals surface area contributed by atoms with Crippen LogP contribution in [0.1, 0.15) is 33.1 Å². The molecule has 3 rings (SSSR count). The van der Waals surface area contributed by atoms with Gasteiger partial charge in [-0.3, -0.25) is 0 Å². The Morgan fingerprint density at radius 2 is 2.05 bits per heavy atom. The molecule has 2 unspecified atom stereocenters. The summed E-state index contributed by atoms with van der Waals surface area (Å²) in [6.45, 7) is 5.14. The minimum atomic E-state index is 0.586. The number of rotatable bonds is 6. The Morgan fingerprint density at radius 1 is 1.20 bits per heavy atom. The fourth-order valence-corrected chi connectivity index (χ4v) is 2.71. The molecule has 2 atom stereocenters. The Hall–Kier alpha value is -1.84. The number of aromatic nitrogens is 2. The minimum absolute atomic E-state index is 0.586. The zero-order chi connectivity index (χ0) is 13.9. The highest BCUT2D eigenvalue weighted by Crippen LogP contribution is 2.38. The van der Waals surface area contributed by atoms with E-state index in [4.69, 9.17) is 0 Å². The molecule has 1 aliphatic carbocycles. The van der Waals surface area contributed by atoms with E-state index in [0.29, 0.717) is 12.0 Å². The summed E-state index contributed by atoms with van der Waals surface area (Å²) >= 11 is 0. The average Bonchev–Trinajstić information content (AvgIpc) is 3.17. The van der Waals surface area contributed by atoms with Gasteiger partial charge in [0.1, 0.15) is 5.82 Å². The second kappa shape index (κ2) is 5.65. The van der Waals surface area contributed by atoms with E-state index in [2.05, 4.69) is 40.5 Å². The van der Waals surface area contributed by atoms with Gasteiger partial charge in [-0.15, -0.1) is 0 Å². The van der Waals surface area contributed by atoms with Crippen LogP contribution in [-0.4, -0.2) is 22.6 Å². The number of nitrogens with one attached hydrogen (secondary N) is 2. The van der Waals surface area contributed by atoms with E-state index in [1.807, 2.05) is 18.2 Å². The molecule has 1 heterocycles. The lowest BCUT2D eigenvalue weighted by Gasteiger charge is -2.11. The SMILES string of the molecule is CCCC1CC1Nc1nc(NCC)nc2ccccc12. The first-order valence-electron chi connectivity index (χ1n) is 7.59. The smallest absolute Gasteiger partial charge is 0.225 e. The van der Waals surface area contributed by atoms with Crippen LogP contribution in [-0.2, 0) is 0 Å². The third-order valence-electron chi connectivity index (χ3n) is 3.84. The lowest BCUT2D eigenvalue weighted by Crippen LogP contribution is -2.10. The topological polar surface area (TPSA) is 49.8 Å². The van der Waals surface area contributed by atoms with Crippen molar-refractivity contribution in [2.75, 3.05) is 17.2 Å². The average molecular weight is 270 g/mol. The quantitative estimate of drug-likeness (QED) is 0.841. The van der Waals surface area contributed by atoms with Crippen molar-refractivity contribution in [2.45, 2.75) is 39.2 Å². The van der Waals surface area contributed by atoms with Crippen molar-refractivity contribution >= 4 is 22.7 Å². The minimum Gasteiger partial charge on any atom is -0.366 e. The molecule has 1 aliphatic rings. The normalized spacial score (nSPS) is 20.9. The van der Waals surface area contributed by atoms with Crippen molar-refractivity contribution in [1.82, 2.24) is 9.97 Å². The van der Waals surface area contributed by atoms with Gasteiger partial charge in [-0.25, -0.2) is 4.98 Å². The maximum absolute atomic E-state index is 4.63. The predicted molar refractivity (Wildman–Crippen MR) is 84.1 cm³/mol. The first-order valence-corrected chi connectivity index (χ1v) is 7.59. The zero-order valence-electron chi connectivity index (χ0n) is 12.2. The third-order valence-corrected chi connectivity index (χ3v) is 3.84. The van der Waals surface area contributed by atoms with Crippen molar-refractivity contribution < 1.29 is 0 Å². The molecular weight excluding hydrogens is 248 g/mol. The summed E-state index contributed by atoms with van der Waals surface area (Å²) < 4.78 is 0. The number of anilines is 2. The van der Waals surface area contributed by atoms with Crippen LogP contribution in [0.15, 0.2) is 24.3 Å². The van der Waals surface area contributed by atoms with E-state index in [1.165, 1.54) is 19.3 Å². The number of benzene rings is 1. The fraction of sp³-hybridized carbons (Fsp3) is 0.500. The van der Waals surface area contributed by atoms with Gasteiger partial charge in [-0.1, -0.05) is 25.5 Å². The molecule has 0 bridgehead atoms. The van der Waals surface area contributed by atoms with Crippen molar-refractivity contribution in [2.24, 2.45) is 5.92 Å². The first kappa shape index (κ1) is 13.2. The molecule has 1 fully saturated rings. The number of para-hydroxylation sites is 1. The predicted octanol–water partition coefficient (Wildman–Crippen LogP) is 3.66. The maximum Gasteiger partial charge on any atom is 0.225 e. The fourth-order valence-electron chi connectivity index (χ4n) is 2.71. The molecule has 2 N–H and O–H groups in total. The highest BCUT2D eigenvalue weighted by atomic mass is 15.2. The van der Waals surface area contributed by atoms with Crippen LogP contribution in [0.2, 0.25) is 0 Å². The van der Waals surface area contributed by atoms with Crippen molar-refractivity contribution in [1.29, 1.82) is 0 Å². The summed E-state index contributed by atoms with van der Waals surface area (Å²) in [6.07, 6.45) is 3.83. The molecule has 20 heavy (non-hydrogen) atoms. The molecule has 0 radical (unpaired) electrons. The molecule has 2 aromatic rings. The maximum atomic E-state index is 4.63. The van der Waals surface area contributed by atoms with Crippen LogP contribution >= 0.6 is 0 Å². The largest absolute Gasteiger partial charge is 0.366 e. The second-order valence-electron chi connectivity index (χ2n) is 5.48. The molecule has 0 amide bonds. The van der Waals surface area contributed by atoms with Crippen molar-refractivity contribution in [3.05, 3.63) is 24.3 Å². The van der Waals surface area contributed by atoms with Crippen LogP contribution in [0.4, 0.5) is 11.8 Å². The highest BCUT2D eigenvalue weighted by Gasteiger charge is 2.36. The lowest BCUT2D eigenvalue weighted by atomic mass is 10.2. The van der Waals surface area contributed by atoms with Gasteiger partial charge in [0.25, 0.3) is 0 Å². The molecule has 4 heteroatoms. The molecule has 0 saturated heterocycles. The van der Waals surface area contributed by atoms with E-state index in [9.17, 15) is 0 Å². The van der Waals surface area contributed by atoms with Gasteiger partial charge in [-0.05, 0) is 37.8 Å². The van der Waals surface area contributed by atoms with Crippen LogP contribution in [0, 0.1) is 5.92 Å². The van der Waals surface area contributed by atoms with Gasteiger partial charge < -0.3 is 10.6 Å². The Morgan fingerprint density at radius 3 is 2.85 bits per heavy atom. The third kappa shape index (κ3) is 2.69. The van der Waals surface area contributed by atoms with Crippen LogP contribution in [0.25, 0.3) is 10.9 Å². The zero-order valence-corrected chi connectivity index (χ0v) is 12.2. The summed E-state index contributed by atoms with van der Waals surface area (Å²) in [4.78, 5) is 9.18. The van der Waals surface area contributed by atoms with Gasteiger partial charge in [0.05, 0.1) is 5.52 Å². The lowest BCUT2D eigenvalue weighted by molar-refractivity contribution is 0.692. The molecule has 1 aromatic carbocycles. The van der Waals surface area contributed by atoms with E-state index >= 15 is 0 Å². The van der Waals surface area contributed by atoms with Crippen LogP contribution in [0.3, 0.4) is 0 Å². The Bertz CT molecular complexity index is 596. The van der Waals surface area contributed by atoms with Gasteiger partial charge >= 0.3 is 0 Å². The van der Waals surface area contributed by atoms with Crippen LogP contribution < -0.4 is 10.6 Å². The van der Waals surface area contributed by atoms with E-state index < -0.39 is 0 Å². The molecule has 0 spiro atoms. The Balaban J connectivity index is 1.88. The van der Waals surface area contributed by atoms with E-state index in [1.54, 1.807) is 0 Å². The van der Waals surface area contributed by atoms with E-state index in [0.717, 1.165) is 29.2 Å². The summed E-state index contributed by atoms with van der Waals surface area (Å²) in [5, 5.41) is 7.92.